The fourth-order valence-electron chi connectivity index (χ4n) is 5.96. The second-order valence-corrected chi connectivity index (χ2v) is 9.95. The number of aromatic nitrogens is 2. The van der Waals surface area contributed by atoms with Gasteiger partial charge in [0, 0.05) is 39.8 Å². The van der Waals surface area contributed by atoms with Gasteiger partial charge in [-0.05, 0) is 65.2 Å². The van der Waals surface area contributed by atoms with Crippen molar-refractivity contribution in [2.24, 2.45) is 0 Å². The fraction of sp³-hybridized carbons (Fsp3) is 0. The molecule has 3 aromatic heterocycles. The highest BCUT2D eigenvalue weighted by atomic mass is 16.3. The Hall–Kier alpha value is -5.66. The van der Waals surface area contributed by atoms with Crippen molar-refractivity contribution in [3.8, 4) is 34.0 Å². The molecule has 0 N–H and O–H groups in total. The lowest BCUT2D eigenvalue weighted by atomic mass is 9.97. The number of fused-ring (bicyclic) bond motifs is 7. The van der Waals surface area contributed by atoms with Crippen LogP contribution in [0.25, 0.3) is 71.7 Å². The van der Waals surface area contributed by atoms with Crippen LogP contribution < -0.4 is 0 Å². The van der Waals surface area contributed by atoms with E-state index in [9.17, 15) is 5.26 Å². The monoisotopic (exact) mass is 511 g/mol. The smallest absolute Gasteiger partial charge is 0.137 e. The summed E-state index contributed by atoms with van der Waals surface area (Å²) in [5.74, 6) is 0. The van der Waals surface area contributed by atoms with E-state index in [1.807, 2.05) is 30.3 Å². The number of pyridine rings is 1. The van der Waals surface area contributed by atoms with Gasteiger partial charge in [-0.3, -0.25) is 4.98 Å². The Bertz CT molecular complexity index is 2300. The van der Waals surface area contributed by atoms with Gasteiger partial charge in [0.25, 0.3) is 0 Å². The summed E-state index contributed by atoms with van der Waals surface area (Å²) in [5.41, 5.74) is 9.76. The highest BCUT2D eigenvalue weighted by Gasteiger charge is 2.19. The molecule has 4 nitrogen and oxygen atoms in total. The van der Waals surface area contributed by atoms with Crippen LogP contribution >= 0.6 is 0 Å². The summed E-state index contributed by atoms with van der Waals surface area (Å²) in [5, 5.41) is 14.2. The van der Waals surface area contributed by atoms with Crippen molar-refractivity contribution in [3.05, 3.63) is 133 Å². The molecule has 0 aliphatic rings. The third-order valence-electron chi connectivity index (χ3n) is 7.73. The maximum atomic E-state index is 9.61. The number of hydrogen-bond donors (Lipinski definition) is 0. The Morgan fingerprint density at radius 3 is 2.33 bits per heavy atom. The van der Waals surface area contributed by atoms with E-state index in [-0.39, 0.29) is 0 Å². The summed E-state index contributed by atoms with van der Waals surface area (Å²) in [7, 11) is 0. The van der Waals surface area contributed by atoms with Crippen molar-refractivity contribution in [3.63, 3.8) is 0 Å². The largest absolute Gasteiger partial charge is 0.456 e. The standard InChI is InChI=1S/C36H21N3O/c37-21-26-22-38-18-17-28(26)25-9-5-7-23(19-25)24-8-6-10-27(20-24)39-32-13-3-1-11-29(32)30-15-16-34-35(36(30)39)31-12-2-4-14-33(31)40-34/h1-20,22H. The van der Waals surface area contributed by atoms with E-state index >= 15 is 0 Å². The summed E-state index contributed by atoms with van der Waals surface area (Å²) in [6.45, 7) is 0. The number of para-hydroxylation sites is 2. The zero-order valence-corrected chi connectivity index (χ0v) is 21.4. The fourth-order valence-corrected chi connectivity index (χ4v) is 5.96. The molecule has 0 atom stereocenters. The summed E-state index contributed by atoms with van der Waals surface area (Å²) >= 11 is 0. The number of furan rings is 1. The van der Waals surface area contributed by atoms with Crippen LogP contribution in [0.1, 0.15) is 5.56 Å². The van der Waals surface area contributed by atoms with Gasteiger partial charge in [0.2, 0.25) is 0 Å². The lowest BCUT2D eigenvalue weighted by Crippen LogP contribution is -1.95. The average Bonchev–Trinajstić information content (AvgIpc) is 3.57. The van der Waals surface area contributed by atoms with Crippen LogP contribution in [0.4, 0.5) is 0 Å². The highest BCUT2D eigenvalue weighted by Crippen LogP contribution is 2.41. The van der Waals surface area contributed by atoms with Crippen LogP contribution in [0.5, 0.6) is 0 Å². The summed E-state index contributed by atoms with van der Waals surface area (Å²) in [6.07, 6.45) is 3.34. The van der Waals surface area contributed by atoms with Crippen LogP contribution in [0.15, 0.2) is 132 Å². The molecule has 186 valence electrons. The molecule has 0 saturated heterocycles. The average molecular weight is 512 g/mol. The maximum absolute atomic E-state index is 9.61. The normalized spacial score (nSPS) is 11.5. The predicted molar refractivity (Wildman–Crippen MR) is 161 cm³/mol. The summed E-state index contributed by atoms with van der Waals surface area (Å²) in [6, 6.07) is 42.2. The second-order valence-electron chi connectivity index (χ2n) is 9.95. The second kappa shape index (κ2) is 8.69. The van der Waals surface area contributed by atoms with Crippen molar-refractivity contribution < 1.29 is 4.42 Å². The third kappa shape index (κ3) is 3.28. The molecule has 0 bridgehead atoms. The number of nitrogens with zero attached hydrogens (tertiary/aromatic N) is 3. The maximum Gasteiger partial charge on any atom is 0.137 e. The molecule has 0 fully saturated rings. The Labute approximate surface area is 230 Å². The van der Waals surface area contributed by atoms with Crippen LogP contribution in [0.3, 0.4) is 0 Å². The SMILES string of the molecule is N#Cc1cnccc1-c1cccc(-c2cccc(-n3c4ccccc4c4ccc5oc6ccccc6c5c43)c2)c1. The molecule has 8 rings (SSSR count). The van der Waals surface area contributed by atoms with Crippen molar-refractivity contribution in [2.45, 2.75) is 0 Å². The molecule has 0 radical (unpaired) electrons. The van der Waals surface area contributed by atoms with E-state index in [0.717, 1.165) is 60.9 Å². The van der Waals surface area contributed by atoms with Gasteiger partial charge < -0.3 is 8.98 Å². The minimum Gasteiger partial charge on any atom is -0.456 e. The van der Waals surface area contributed by atoms with Crippen LogP contribution in [0, 0.1) is 11.3 Å². The van der Waals surface area contributed by atoms with Crippen molar-refractivity contribution >= 4 is 43.7 Å². The first kappa shape index (κ1) is 22.3. The Morgan fingerprint density at radius 2 is 1.43 bits per heavy atom. The van der Waals surface area contributed by atoms with Gasteiger partial charge >= 0.3 is 0 Å². The van der Waals surface area contributed by atoms with Gasteiger partial charge in [-0.15, -0.1) is 0 Å². The molecule has 40 heavy (non-hydrogen) atoms. The van der Waals surface area contributed by atoms with E-state index in [2.05, 4.69) is 101 Å². The van der Waals surface area contributed by atoms with E-state index < -0.39 is 0 Å². The molecule has 0 amide bonds. The third-order valence-corrected chi connectivity index (χ3v) is 7.73. The lowest BCUT2D eigenvalue weighted by Gasteiger charge is -2.12. The number of hydrogen-bond acceptors (Lipinski definition) is 3. The van der Waals surface area contributed by atoms with E-state index in [4.69, 9.17) is 4.42 Å². The molecular weight excluding hydrogens is 490 g/mol. The van der Waals surface area contributed by atoms with E-state index in [0.29, 0.717) is 5.56 Å². The van der Waals surface area contributed by atoms with Gasteiger partial charge in [-0.1, -0.05) is 66.7 Å². The zero-order chi connectivity index (χ0) is 26.6. The molecule has 0 aliphatic heterocycles. The van der Waals surface area contributed by atoms with E-state index in [1.165, 1.54) is 10.8 Å². The predicted octanol–water partition coefficient (Wildman–Crippen LogP) is 9.28. The molecule has 5 aromatic carbocycles. The van der Waals surface area contributed by atoms with Gasteiger partial charge in [-0.2, -0.15) is 5.26 Å². The number of nitriles is 1. The molecule has 0 aliphatic carbocycles. The van der Waals surface area contributed by atoms with Crippen LogP contribution in [0.2, 0.25) is 0 Å². The summed E-state index contributed by atoms with van der Waals surface area (Å²) in [4.78, 5) is 4.12. The zero-order valence-electron chi connectivity index (χ0n) is 21.4. The lowest BCUT2D eigenvalue weighted by molar-refractivity contribution is 0.669. The number of rotatable bonds is 3. The topological polar surface area (TPSA) is 54.8 Å². The van der Waals surface area contributed by atoms with Gasteiger partial charge in [0.15, 0.2) is 0 Å². The van der Waals surface area contributed by atoms with Crippen LogP contribution in [-0.2, 0) is 0 Å². The van der Waals surface area contributed by atoms with Crippen molar-refractivity contribution in [1.29, 1.82) is 5.26 Å². The highest BCUT2D eigenvalue weighted by molar-refractivity contribution is 6.24. The van der Waals surface area contributed by atoms with Gasteiger partial charge in [-0.25, -0.2) is 0 Å². The molecule has 0 unspecified atom stereocenters. The Kier molecular flexibility index (Phi) is 4.85. The first-order valence-electron chi connectivity index (χ1n) is 13.2. The molecule has 0 spiro atoms. The molecule has 3 heterocycles. The number of benzene rings is 5. The minimum absolute atomic E-state index is 0.565. The van der Waals surface area contributed by atoms with Crippen molar-refractivity contribution in [1.82, 2.24) is 9.55 Å². The quantitative estimate of drug-likeness (QED) is 0.237. The Morgan fingerprint density at radius 1 is 0.650 bits per heavy atom. The Balaban J connectivity index is 1.39. The minimum atomic E-state index is 0.565. The molecule has 0 saturated carbocycles. The van der Waals surface area contributed by atoms with Crippen LogP contribution in [-0.4, -0.2) is 9.55 Å². The van der Waals surface area contributed by atoms with Gasteiger partial charge in [0.1, 0.15) is 17.2 Å². The molecular formula is C36H21N3O. The first-order chi connectivity index (χ1) is 19.8. The van der Waals surface area contributed by atoms with Crippen molar-refractivity contribution in [2.75, 3.05) is 0 Å². The summed E-state index contributed by atoms with van der Waals surface area (Å²) < 4.78 is 8.63. The van der Waals surface area contributed by atoms with Gasteiger partial charge in [0.05, 0.1) is 22.0 Å². The molecule has 8 aromatic rings. The molecule has 4 heteroatoms. The first-order valence-corrected chi connectivity index (χ1v) is 13.2. The van der Waals surface area contributed by atoms with E-state index in [1.54, 1.807) is 12.4 Å².